The molecule has 26 heavy (non-hydrogen) atoms. The molecule has 7 heteroatoms. The molecule has 1 fully saturated rings. The Hall–Kier alpha value is -1.60. The van der Waals surface area contributed by atoms with Crippen LogP contribution in [0, 0.1) is 0 Å². The number of unbranched alkanes of at least 4 members (excludes halogenated alkanes) is 2. The van der Waals surface area contributed by atoms with Crippen LogP contribution in [0.1, 0.15) is 37.3 Å². The maximum atomic E-state index is 13.2. The van der Waals surface area contributed by atoms with E-state index in [-0.39, 0.29) is 11.8 Å². The standard InChI is InChI=1S/C19H26F4N2O/c1-2-3-4-5-9-17(25-12-10-24-11-13-25)15-7-6-8-16(14-15)26-19(22,23)18(20)21/h2,6-8,14,17-18,24H,1,3-5,9-13H2/t17-/m1/s1. The number of nitrogens with zero attached hydrogens (tertiary/aromatic N) is 1. The van der Waals surface area contributed by atoms with E-state index in [1.54, 1.807) is 6.07 Å². The van der Waals surface area contributed by atoms with Crippen LogP contribution in [0.15, 0.2) is 36.9 Å². The van der Waals surface area contributed by atoms with E-state index in [0.717, 1.165) is 57.4 Å². The van der Waals surface area contributed by atoms with Crippen LogP contribution in [0.25, 0.3) is 0 Å². The molecule has 146 valence electrons. The van der Waals surface area contributed by atoms with Gasteiger partial charge in [0.05, 0.1) is 0 Å². The molecule has 3 nitrogen and oxygen atoms in total. The summed E-state index contributed by atoms with van der Waals surface area (Å²) in [6, 6.07) is 6.20. The molecular weight excluding hydrogens is 348 g/mol. The number of rotatable bonds is 10. The summed E-state index contributed by atoms with van der Waals surface area (Å²) in [5, 5.41) is 3.29. The monoisotopic (exact) mass is 374 g/mol. The van der Waals surface area contributed by atoms with Crippen molar-refractivity contribution in [2.24, 2.45) is 0 Å². The Morgan fingerprint density at radius 1 is 1.23 bits per heavy atom. The summed E-state index contributed by atoms with van der Waals surface area (Å²) < 4.78 is 55.4. The van der Waals surface area contributed by atoms with Crippen LogP contribution in [0.2, 0.25) is 0 Å². The first kappa shape index (κ1) is 20.7. The maximum Gasteiger partial charge on any atom is 0.461 e. The second-order valence-corrected chi connectivity index (χ2v) is 6.41. The second-order valence-electron chi connectivity index (χ2n) is 6.41. The number of hydrogen-bond donors (Lipinski definition) is 1. The van der Waals surface area contributed by atoms with Crippen LogP contribution >= 0.6 is 0 Å². The Morgan fingerprint density at radius 2 is 1.96 bits per heavy atom. The third-order valence-electron chi connectivity index (χ3n) is 4.48. The molecule has 1 aromatic carbocycles. The second kappa shape index (κ2) is 9.92. The zero-order chi connectivity index (χ0) is 19.0. The predicted molar refractivity (Wildman–Crippen MR) is 93.9 cm³/mol. The molecule has 1 saturated heterocycles. The van der Waals surface area contributed by atoms with Crippen molar-refractivity contribution in [2.75, 3.05) is 26.2 Å². The highest BCUT2D eigenvalue weighted by Crippen LogP contribution is 2.32. The van der Waals surface area contributed by atoms with E-state index in [2.05, 4.69) is 21.5 Å². The van der Waals surface area contributed by atoms with Crippen LogP contribution < -0.4 is 10.1 Å². The van der Waals surface area contributed by atoms with Crippen molar-refractivity contribution in [3.8, 4) is 5.75 Å². The fourth-order valence-electron chi connectivity index (χ4n) is 3.17. The van der Waals surface area contributed by atoms with Gasteiger partial charge < -0.3 is 10.1 Å². The van der Waals surface area contributed by atoms with Crippen molar-refractivity contribution in [3.05, 3.63) is 42.5 Å². The summed E-state index contributed by atoms with van der Waals surface area (Å²) in [4.78, 5) is 2.30. The van der Waals surface area contributed by atoms with Gasteiger partial charge in [0.2, 0.25) is 0 Å². The summed E-state index contributed by atoms with van der Waals surface area (Å²) in [6.45, 7) is 7.15. The first-order valence-electron chi connectivity index (χ1n) is 8.94. The topological polar surface area (TPSA) is 24.5 Å². The molecule has 1 N–H and O–H groups in total. The van der Waals surface area contributed by atoms with E-state index >= 15 is 0 Å². The van der Waals surface area contributed by atoms with Gasteiger partial charge in [0.15, 0.2) is 0 Å². The minimum Gasteiger partial charge on any atom is -0.428 e. The molecule has 2 rings (SSSR count). The largest absolute Gasteiger partial charge is 0.461 e. The molecule has 0 unspecified atom stereocenters. The van der Waals surface area contributed by atoms with Crippen molar-refractivity contribution < 1.29 is 22.3 Å². The van der Waals surface area contributed by atoms with Gasteiger partial charge in [0.1, 0.15) is 5.75 Å². The van der Waals surface area contributed by atoms with Crippen molar-refractivity contribution >= 4 is 0 Å². The van der Waals surface area contributed by atoms with Gasteiger partial charge in [0, 0.05) is 32.2 Å². The third-order valence-corrected chi connectivity index (χ3v) is 4.48. The van der Waals surface area contributed by atoms with Crippen LogP contribution in [-0.4, -0.2) is 43.6 Å². The van der Waals surface area contributed by atoms with Crippen molar-refractivity contribution in [3.63, 3.8) is 0 Å². The number of piperazine rings is 1. The highest BCUT2D eigenvalue weighted by molar-refractivity contribution is 5.31. The molecule has 1 atom stereocenters. The van der Waals surface area contributed by atoms with E-state index in [4.69, 9.17) is 0 Å². The summed E-state index contributed by atoms with van der Waals surface area (Å²) in [5.74, 6) is -0.237. The first-order valence-corrected chi connectivity index (χ1v) is 8.94. The van der Waals surface area contributed by atoms with Crippen LogP contribution in [0.4, 0.5) is 17.6 Å². The molecule has 0 aliphatic carbocycles. The van der Waals surface area contributed by atoms with Crippen molar-refractivity contribution in [2.45, 2.75) is 44.3 Å². The first-order chi connectivity index (χ1) is 12.4. The zero-order valence-electron chi connectivity index (χ0n) is 14.8. The number of alkyl halides is 4. The Kier molecular flexibility index (Phi) is 7.90. The highest BCUT2D eigenvalue weighted by Gasteiger charge is 2.44. The number of benzene rings is 1. The Bertz CT molecular complexity index is 562. The number of hydrogen-bond acceptors (Lipinski definition) is 3. The summed E-state index contributed by atoms with van der Waals surface area (Å²) in [5.41, 5.74) is 0.813. The fourth-order valence-corrected chi connectivity index (χ4v) is 3.17. The van der Waals surface area contributed by atoms with Gasteiger partial charge >= 0.3 is 12.5 Å². The number of nitrogens with one attached hydrogen (secondary N) is 1. The summed E-state index contributed by atoms with van der Waals surface area (Å²) in [6.07, 6.45) is -2.71. The van der Waals surface area contributed by atoms with Gasteiger partial charge in [-0.25, -0.2) is 0 Å². The van der Waals surface area contributed by atoms with Crippen molar-refractivity contribution in [1.82, 2.24) is 10.2 Å². The summed E-state index contributed by atoms with van der Waals surface area (Å²) >= 11 is 0. The molecule has 0 spiro atoms. The fraction of sp³-hybridized carbons (Fsp3) is 0.579. The lowest BCUT2D eigenvalue weighted by atomic mass is 9.98. The molecule has 1 aliphatic rings. The maximum absolute atomic E-state index is 13.2. The van der Waals surface area contributed by atoms with E-state index in [1.165, 1.54) is 12.1 Å². The Balaban J connectivity index is 2.14. The Morgan fingerprint density at radius 3 is 2.62 bits per heavy atom. The van der Waals surface area contributed by atoms with E-state index in [0.29, 0.717) is 0 Å². The third kappa shape index (κ3) is 5.99. The average Bonchev–Trinajstić information content (AvgIpc) is 2.62. The van der Waals surface area contributed by atoms with Crippen LogP contribution in [0.5, 0.6) is 5.75 Å². The highest BCUT2D eigenvalue weighted by atomic mass is 19.3. The minimum absolute atomic E-state index is 0.0469. The van der Waals surface area contributed by atoms with Crippen LogP contribution in [-0.2, 0) is 0 Å². The molecule has 1 aliphatic heterocycles. The molecule has 1 aromatic rings. The van der Waals surface area contributed by atoms with Crippen LogP contribution in [0.3, 0.4) is 0 Å². The van der Waals surface area contributed by atoms with E-state index < -0.39 is 12.5 Å². The predicted octanol–water partition coefficient (Wildman–Crippen LogP) is 4.62. The molecule has 0 bridgehead atoms. The van der Waals surface area contributed by atoms with E-state index in [1.807, 2.05) is 12.1 Å². The number of ether oxygens (including phenoxy) is 1. The molecule has 0 aromatic heterocycles. The van der Waals surface area contributed by atoms with Gasteiger partial charge in [-0.1, -0.05) is 24.6 Å². The SMILES string of the molecule is C=CCCCC[C@H](c1cccc(OC(F)(F)C(F)F)c1)N1CCNCC1. The lowest BCUT2D eigenvalue weighted by molar-refractivity contribution is -0.253. The summed E-state index contributed by atoms with van der Waals surface area (Å²) in [7, 11) is 0. The lowest BCUT2D eigenvalue weighted by Crippen LogP contribution is -2.45. The van der Waals surface area contributed by atoms with Gasteiger partial charge in [-0.05, 0) is 37.0 Å². The smallest absolute Gasteiger partial charge is 0.428 e. The molecule has 0 radical (unpaired) electrons. The molecule has 0 saturated carbocycles. The average molecular weight is 374 g/mol. The molecular formula is C19H26F4N2O. The normalized spacial score (nSPS) is 17.3. The lowest BCUT2D eigenvalue weighted by Gasteiger charge is -2.35. The zero-order valence-corrected chi connectivity index (χ0v) is 14.8. The quantitative estimate of drug-likeness (QED) is 0.368. The van der Waals surface area contributed by atoms with Gasteiger partial charge in [-0.15, -0.1) is 6.58 Å². The van der Waals surface area contributed by atoms with Gasteiger partial charge in [-0.3, -0.25) is 4.90 Å². The van der Waals surface area contributed by atoms with E-state index in [9.17, 15) is 17.6 Å². The number of halogens is 4. The number of allylic oxidation sites excluding steroid dienone is 1. The molecule has 1 heterocycles. The molecule has 0 amide bonds. The van der Waals surface area contributed by atoms with Crippen molar-refractivity contribution in [1.29, 1.82) is 0 Å². The van der Waals surface area contributed by atoms with Gasteiger partial charge in [0.25, 0.3) is 0 Å². The Labute approximate surface area is 152 Å². The van der Waals surface area contributed by atoms with Gasteiger partial charge in [-0.2, -0.15) is 17.6 Å². The minimum atomic E-state index is -4.49.